The van der Waals surface area contributed by atoms with Crippen molar-refractivity contribution in [3.05, 3.63) is 106 Å². The molecule has 5 nitrogen and oxygen atoms in total. The fourth-order valence-corrected chi connectivity index (χ4v) is 5.51. The number of ether oxygens (including phenoxy) is 1. The van der Waals surface area contributed by atoms with Gasteiger partial charge in [0, 0.05) is 40.3 Å². The van der Waals surface area contributed by atoms with E-state index in [1.54, 1.807) is 18.2 Å². The Morgan fingerprint density at radius 3 is 2.58 bits per heavy atom. The normalized spacial score (nSPS) is 12.0. The Morgan fingerprint density at radius 2 is 1.85 bits per heavy atom. The van der Waals surface area contributed by atoms with Crippen LogP contribution in [0.3, 0.4) is 0 Å². The number of fused-ring (bicyclic) bond motifs is 1. The summed E-state index contributed by atoms with van der Waals surface area (Å²) in [5.74, 6) is 0.259. The van der Waals surface area contributed by atoms with Crippen LogP contribution in [-0.4, -0.2) is 28.0 Å². The Morgan fingerprint density at radius 1 is 1.05 bits per heavy atom. The summed E-state index contributed by atoms with van der Waals surface area (Å²) >= 11 is 6.72. The Kier molecular flexibility index (Phi) is 8.29. The zero-order valence-corrected chi connectivity index (χ0v) is 23.1. The number of hydrogen-bond acceptors (Lipinski definition) is 4. The van der Waals surface area contributed by atoms with Gasteiger partial charge in [-0.15, -0.1) is 0 Å². The summed E-state index contributed by atoms with van der Waals surface area (Å²) in [6.07, 6.45) is 2.28. The quantitative estimate of drug-likeness (QED) is 0.169. The number of rotatable bonds is 10. The number of carbonyl (C=O) groups excluding carboxylic acids is 1. The van der Waals surface area contributed by atoms with Gasteiger partial charge in [0.05, 0.1) is 24.8 Å². The van der Waals surface area contributed by atoms with Gasteiger partial charge < -0.3 is 14.8 Å². The van der Waals surface area contributed by atoms with Crippen LogP contribution in [0.25, 0.3) is 33.5 Å². The Balaban J connectivity index is 1.52. The number of H-pyrrole nitrogens is 1. The van der Waals surface area contributed by atoms with E-state index in [9.17, 15) is 14.3 Å². The number of hydrogen-bond donors (Lipinski definition) is 2. The molecule has 2 N–H and O–H groups in total. The summed E-state index contributed by atoms with van der Waals surface area (Å²) in [7, 11) is 1.41. The molecule has 204 valence electrons. The maximum Gasteiger partial charge on any atom is 0.167 e. The second-order valence-corrected chi connectivity index (χ2v) is 10.2. The van der Waals surface area contributed by atoms with Gasteiger partial charge in [-0.3, -0.25) is 4.79 Å². The molecule has 0 saturated heterocycles. The molecule has 1 atom stereocenters. The lowest BCUT2D eigenvalue weighted by Crippen LogP contribution is -2.09. The molecule has 1 aromatic heterocycles. The second kappa shape index (κ2) is 12.0. The average molecular weight is 557 g/mol. The summed E-state index contributed by atoms with van der Waals surface area (Å²) < 4.78 is 19.4. The highest BCUT2D eigenvalue weighted by atomic mass is 35.5. The van der Waals surface area contributed by atoms with Crippen LogP contribution < -0.4 is 4.74 Å². The minimum Gasteiger partial charge on any atom is -0.494 e. The predicted molar refractivity (Wildman–Crippen MR) is 157 cm³/mol. The Labute approximate surface area is 237 Å². The van der Waals surface area contributed by atoms with Crippen molar-refractivity contribution in [1.29, 1.82) is 0 Å². The molecular formula is C33H30ClFN2O3. The van der Waals surface area contributed by atoms with Gasteiger partial charge in [0.15, 0.2) is 17.3 Å². The van der Waals surface area contributed by atoms with Crippen LogP contribution in [-0.2, 0) is 6.61 Å². The maximum absolute atomic E-state index is 14.3. The van der Waals surface area contributed by atoms with Gasteiger partial charge in [-0.25, -0.2) is 9.37 Å². The van der Waals surface area contributed by atoms with Crippen molar-refractivity contribution in [3.63, 3.8) is 0 Å². The van der Waals surface area contributed by atoms with E-state index in [4.69, 9.17) is 16.3 Å². The van der Waals surface area contributed by atoms with Crippen molar-refractivity contribution in [1.82, 2.24) is 9.97 Å². The number of nitrogens with zero attached hydrogens (tertiary/aromatic N) is 1. The highest BCUT2D eigenvalue weighted by Crippen LogP contribution is 2.40. The summed E-state index contributed by atoms with van der Waals surface area (Å²) in [4.78, 5) is 21.2. The highest BCUT2D eigenvalue weighted by molar-refractivity contribution is 6.34. The van der Waals surface area contributed by atoms with Crippen LogP contribution in [0.4, 0.5) is 4.39 Å². The molecule has 0 aliphatic heterocycles. The largest absolute Gasteiger partial charge is 0.494 e. The number of aromatic amines is 1. The number of ketones is 1. The third kappa shape index (κ3) is 5.51. The molecule has 0 fully saturated rings. The van der Waals surface area contributed by atoms with Crippen molar-refractivity contribution < 1.29 is 19.0 Å². The van der Waals surface area contributed by atoms with Crippen LogP contribution in [0.1, 0.15) is 53.6 Å². The van der Waals surface area contributed by atoms with E-state index in [0.717, 1.165) is 18.4 Å². The van der Waals surface area contributed by atoms with Crippen LogP contribution in [0.5, 0.6) is 5.75 Å². The number of benzene rings is 4. The molecule has 0 saturated carbocycles. The van der Waals surface area contributed by atoms with E-state index < -0.39 is 5.82 Å². The number of nitrogens with one attached hydrogen (secondary N) is 1. The standard InChI is InChI=1S/C33H30ClFN2O3/c1-3-8-21(20-9-5-4-6-10-20)16-30(39)22-13-14-24(23(15-22)19-38)32-25(11-7-12-26(32)34)33-36-28-17-27(35)31(40-2)18-29(28)37-33/h4-7,9-15,17-18,21,38H,3,8,16,19H2,1-2H3,(H,36,37). The van der Waals surface area contributed by atoms with Gasteiger partial charge in [-0.2, -0.15) is 0 Å². The van der Waals surface area contributed by atoms with Crippen molar-refractivity contribution in [3.8, 4) is 28.3 Å². The number of aromatic nitrogens is 2. The molecule has 0 spiro atoms. The summed E-state index contributed by atoms with van der Waals surface area (Å²) in [5, 5.41) is 10.8. The summed E-state index contributed by atoms with van der Waals surface area (Å²) in [6.45, 7) is 1.84. The molecule has 5 rings (SSSR count). The van der Waals surface area contributed by atoms with Crippen LogP contribution >= 0.6 is 11.6 Å². The fraction of sp³-hybridized carbons (Fsp3) is 0.212. The van der Waals surface area contributed by atoms with E-state index in [0.29, 0.717) is 56.1 Å². The number of halogens is 2. The first-order valence-electron chi connectivity index (χ1n) is 13.3. The molecule has 0 bridgehead atoms. The van der Waals surface area contributed by atoms with E-state index >= 15 is 0 Å². The SMILES string of the molecule is CCCC(CC(=O)c1ccc(-c2c(Cl)cccc2-c2nc3cc(OC)c(F)cc3[nH]2)c(CO)c1)c1ccccc1. The molecule has 5 aromatic rings. The molecular weight excluding hydrogens is 527 g/mol. The first kappa shape index (κ1) is 27.6. The van der Waals surface area contributed by atoms with Crippen LogP contribution in [0.15, 0.2) is 78.9 Å². The first-order valence-corrected chi connectivity index (χ1v) is 13.7. The molecule has 0 radical (unpaired) electrons. The first-order chi connectivity index (χ1) is 19.4. The van der Waals surface area contributed by atoms with Crippen molar-refractivity contribution in [2.45, 2.75) is 38.7 Å². The van der Waals surface area contributed by atoms with E-state index in [1.807, 2.05) is 36.4 Å². The molecule has 4 aromatic carbocycles. The van der Waals surface area contributed by atoms with Gasteiger partial charge in [0.1, 0.15) is 5.82 Å². The maximum atomic E-state index is 14.3. The van der Waals surface area contributed by atoms with Crippen molar-refractivity contribution >= 4 is 28.4 Å². The zero-order valence-electron chi connectivity index (χ0n) is 22.4. The highest BCUT2D eigenvalue weighted by Gasteiger charge is 2.21. The van der Waals surface area contributed by atoms with Gasteiger partial charge >= 0.3 is 0 Å². The number of carbonyl (C=O) groups is 1. The lowest BCUT2D eigenvalue weighted by atomic mass is 9.87. The lowest BCUT2D eigenvalue weighted by Gasteiger charge is -2.17. The summed E-state index contributed by atoms with van der Waals surface area (Å²) in [5.41, 5.74) is 5.37. The molecule has 0 aliphatic carbocycles. The topological polar surface area (TPSA) is 75.2 Å². The molecule has 7 heteroatoms. The van der Waals surface area contributed by atoms with Gasteiger partial charge in [0.25, 0.3) is 0 Å². The van der Waals surface area contributed by atoms with E-state index in [1.165, 1.54) is 19.2 Å². The third-order valence-electron chi connectivity index (χ3n) is 7.23. The summed E-state index contributed by atoms with van der Waals surface area (Å²) in [6, 6.07) is 23.8. The van der Waals surface area contributed by atoms with Crippen LogP contribution in [0, 0.1) is 5.82 Å². The third-order valence-corrected chi connectivity index (χ3v) is 7.55. The smallest absolute Gasteiger partial charge is 0.167 e. The zero-order chi connectivity index (χ0) is 28.2. The lowest BCUT2D eigenvalue weighted by molar-refractivity contribution is 0.0972. The number of imidazole rings is 1. The Hall–Kier alpha value is -4.00. The van der Waals surface area contributed by atoms with Crippen molar-refractivity contribution in [2.75, 3.05) is 7.11 Å². The second-order valence-electron chi connectivity index (χ2n) is 9.81. The fourth-order valence-electron chi connectivity index (χ4n) is 5.23. The van der Waals surface area contributed by atoms with Gasteiger partial charge in [-0.1, -0.05) is 79.5 Å². The van der Waals surface area contributed by atoms with Crippen molar-refractivity contribution in [2.24, 2.45) is 0 Å². The van der Waals surface area contributed by atoms with E-state index in [-0.39, 0.29) is 24.1 Å². The minimum absolute atomic E-state index is 0.0243. The van der Waals surface area contributed by atoms with Gasteiger partial charge in [-0.05, 0) is 41.2 Å². The monoisotopic (exact) mass is 556 g/mol. The average Bonchev–Trinajstić information content (AvgIpc) is 3.39. The number of Topliss-reactive ketones (excluding diaryl/α,β-unsaturated/α-hetero) is 1. The van der Waals surface area contributed by atoms with E-state index in [2.05, 4.69) is 29.0 Å². The molecule has 0 amide bonds. The number of methoxy groups -OCH3 is 1. The van der Waals surface area contributed by atoms with Gasteiger partial charge in [0.2, 0.25) is 0 Å². The number of aliphatic hydroxyl groups is 1. The Bertz CT molecular complexity index is 1670. The molecule has 40 heavy (non-hydrogen) atoms. The predicted octanol–water partition coefficient (Wildman–Crippen LogP) is 8.35. The molecule has 1 heterocycles. The molecule has 0 aliphatic rings. The van der Waals surface area contributed by atoms with Crippen LogP contribution in [0.2, 0.25) is 5.02 Å². The number of aliphatic hydroxyl groups excluding tert-OH is 1. The molecule has 1 unspecified atom stereocenters. The minimum atomic E-state index is -0.493.